The summed E-state index contributed by atoms with van der Waals surface area (Å²) in [4.78, 5) is 17.1. The van der Waals surface area contributed by atoms with Gasteiger partial charge in [-0.05, 0) is 32.1 Å². The van der Waals surface area contributed by atoms with E-state index in [1.807, 2.05) is 19.0 Å². The number of nitrogens with two attached hydrogens (primary N) is 1. The van der Waals surface area contributed by atoms with Crippen molar-refractivity contribution in [3.05, 3.63) is 23.9 Å². The van der Waals surface area contributed by atoms with Crippen molar-refractivity contribution in [1.82, 2.24) is 10.3 Å². The average molecular weight is 222 g/mol. The molecule has 0 spiro atoms. The maximum absolute atomic E-state index is 10.9. The number of primary amides is 1. The van der Waals surface area contributed by atoms with Crippen LogP contribution in [0.5, 0.6) is 0 Å². The maximum Gasteiger partial charge on any atom is 0.250 e. The Bertz CT molecular complexity index is 336. The van der Waals surface area contributed by atoms with E-state index >= 15 is 0 Å². The molecule has 1 amide bonds. The number of hydrogen-bond acceptors (Lipinski definition) is 4. The van der Waals surface area contributed by atoms with E-state index in [-0.39, 0.29) is 0 Å². The van der Waals surface area contributed by atoms with Gasteiger partial charge in [-0.25, -0.2) is 4.98 Å². The zero-order chi connectivity index (χ0) is 12.0. The predicted molar refractivity (Wildman–Crippen MR) is 64.6 cm³/mol. The zero-order valence-corrected chi connectivity index (χ0v) is 9.73. The van der Waals surface area contributed by atoms with E-state index in [4.69, 9.17) is 5.73 Å². The highest BCUT2D eigenvalue weighted by molar-refractivity contribution is 5.92. The highest BCUT2D eigenvalue weighted by Gasteiger charge is 2.04. The fraction of sp³-hybridized carbons (Fsp3) is 0.455. The summed E-state index contributed by atoms with van der Waals surface area (Å²) in [7, 11) is 3.90. The van der Waals surface area contributed by atoms with Crippen LogP contribution in [-0.4, -0.2) is 38.1 Å². The summed E-state index contributed by atoms with van der Waals surface area (Å²) in [6.07, 6.45) is 2.55. The minimum atomic E-state index is -0.447. The molecule has 1 aromatic heterocycles. The number of nitrogens with zero attached hydrogens (tertiary/aromatic N) is 2. The maximum atomic E-state index is 10.9. The molecule has 1 heterocycles. The molecule has 16 heavy (non-hydrogen) atoms. The summed E-state index contributed by atoms with van der Waals surface area (Å²) in [5, 5.41) is 3.09. The number of aromatic nitrogens is 1. The third kappa shape index (κ3) is 3.51. The van der Waals surface area contributed by atoms with Crippen LogP contribution < -0.4 is 16.0 Å². The van der Waals surface area contributed by atoms with E-state index in [1.54, 1.807) is 12.1 Å². The molecule has 3 N–H and O–H groups in total. The quantitative estimate of drug-likeness (QED) is 0.676. The van der Waals surface area contributed by atoms with Crippen LogP contribution in [0.1, 0.15) is 16.8 Å². The largest absolute Gasteiger partial charge is 0.366 e. The molecule has 0 saturated carbocycles. The van der Waals surface area contributed by atoms with Gasteiger partial charge in [-0.15, -0.1) is 0 Å². The first kappa shape index (κ1) is 12.4. The Morgan fingerprint density at radius 2 is 2.31 bits per heavy atom. The van der Waals surface area contributed by atoms with Crippen LogP contribution in [0.2, 0.25) is 0 Å². The van der Waals surface area contributed by atoms with Gasteiger partial charge in [-0.2, -0.15) is 0 Å². The summed E-state index contributed by atoms with van der Waals surface area (Å²) < 4.78 is 0. The SMILES string of the molecule is CNCCCN(C)c1ccc(C(N)=O)cn1. The number of nitrogens with one attached hydrogen (secondary N) is 1. The van der Waals surface area contributed by atoms with Crippen molar-refractivity contribution in [3.63, 3.8) is 0 Å². The second-order valence-electron chi connectivity index (χ2n) is 3.65. The lowest BCUT2D eigenvalue weighted by Gasteiger charge is -2.17. The van der Waals surface area contributed by atoms with Crippen LogP contribution >= 0.6 is 0 Å². The number of amides is 1. The van der Waals surface area contributed by atoms with Crippen LogP contribution in [0.25, 0.3) is 0 Å². The average Bonchev–Trinajstić information content (AvgIpc) is 2.29. The topological polar surface area (TPSA) is 71.2 Å². The Labute approximate surface area is 95.7 Å². The van der Waals surface area contributed by atoms with Crippen molar-refractivity contribution >= 4 is 11.7 Å². The molecule has 5 nitrogen and oxygen atoms in total. The Morgan fingerprint density at radius 1 is 1.56 bits per heavy atom. The molecule has 0 fully saturated rings. The smallest absolute Gasteiger partial charge is 0.250 e. The Hall–Kier alpha value is -1.62. The standard InChI is InChI=1S/C11H18N4O/c1-13-6-3-7-15(2)10-5-4-9(8-14-10)11(12)16/h4-5,8,13H,3,6-7H2,1-2H3,(H2,12,16). The van der Waals surface area contributed by atoms with Crippen molar-refractivity contribution in [2.24, 2.45) is 5.73 Å². The van der Waals surface area contributed by atoms with Crippen LogP contribution in [0.3, 0.4) is 0 Å². The molecule has 0 aromatic carbocycles. The highest BCUT2D eigenvalue weighted by atomic mass is 16.1. The molecular formula is C11H18N4O. The fourth-order valence-electron chi connectivity index (χ4n) is 1.37. The molecule has 0 radical (unpaired) electrons. The second-order valence-corrected chi connectivity index (χ2v) is 3.65. The molecule has 0 bridgehead atoms. The first-order valence-electron chi connectivity index (χ1n) is 5.26. The number of carbonyl (C=O) groups excluding carboxylic acids is 1. The van der Waals surface area contributed by atoms with E-state index in [1.165, 1.54) is 6.20 Å². The molecule has 88 valence electrons. The van der Waals surface area contributed by atoms with Gasteiger partial charge in [0.05, 0.1) is 5.56 Å². The molecular weight excluding hydrogens is 204 g/mol. The summed E-state index contributed by atoms with van der Waals surface area (Å²) >= 11 is 0. The van der Waals surface area contributed by atoms with Gasteiger partial charge in [0.1, 0.15) is 5.82 Å². The van der Waals surface area contributed by atoms with Crippen molar-refractivity contribution in [2.45, 2.75) is 6.42 Å². The van der Waals surface area contributed by atoms with Gasteiger partial charge in [-0.3, -0.25) is 4.79 Å². The lowest BCUT2D eigenvalue weighted by Crippen LogP contribution is -2.23. The second kappa shape index (κ2) is 6.07. The van der Waals surface area contributed by atoms with Crippen LogP contribution in [0.15, 0.2) is 18.3 Å². The summed E-state index contributed by atoms with van der Waals surface area (Å²) in [5.74, 6) is 0.401. The Morgan fingerprint density at radius 3 is 2.81 bits per heavy atom. The van der Waals surface area contributed by atoms with Crippen LogP contribution in [-0.2, 0) is 0 Å². The van der Waals surface area contributed by atoms with Gasteiger partial charge < -0.3 is 16.0 Å². The van der Waals surface area contributed by atoms with Gasteiger partial charge in [0.2, 0.25) is 5.91 Å². The van der Waals surface area contributed by atoms with Gasteiger partial charge in [-0.1, -0.05) is 0 Å². The van der Waals surface area contributed by atoms with Crippen molar-refractivity contribution in [3.8, 4) is 0 Å². The van der Waals surface area contributed by atoms with Crippen LogP contribution in [0.4, 0.5) is 5.82 Å². The van der Waals surface area contributed by atoms with E-state index in [2.05, 4.69) is 10.3 Å². The van der Waals surface area contributed by atoms with Gasteiger partial charge in [0.25, 0.3) is 0 Å². The van der Waals surface area contributed by atoms with E-state index in [0.717, 1.165) is 25.3 Å². The van der Waals surface area contributed by atoms with Gasteiger partial charge >= 0.3 is 0 Å². The molecule has 5 heteroatoms. The normalized spacial score (nSPS) is 10.1. The van der Waals surface area contributed by atoms with E-state index in [0.29, 0.717) is 5.56 Å². The Kier molecular flexibility index (Phi) is 4.72. The van der Waals surface area contributed by atoms with Gasteiger partial charge in [0.15, 0.2) is 0 Å². The molecule has 0 aliphatic rings. The highest BCUT2D eigenvalue weighted by Crippen LogP contribution is 2.09. The number of rotatable bonds is 6. The fourth-order valence-corrected chi connectivity index (χ4v) is 1.37. The number of carbonyl (C=O) groups is 1. The predicted octanol–water partition coefficient (Wildman–Crippen LogP) is 0.226. The molecule has 0 saturated heterocycles. The van der Waals surface area contributed by atoms with Crippen molar-refractivity contribution < 1.29 is 4.79 Å². The third-order valence-corrected chi connectivity index (χ3v) is 2.34. The van der Waals surface area contributed by atoms with Gasteiger partial charge in [0, 0.05) is 19.8 Å². The molecule has 0 unspecified atom stereocenters. The molecule has 0 aliphatic carbocycles. The lowest BCUT2D eigenvalue weighted by atomic mass is 10.2. The van der Waals surface area contributed by atoms with E-state index in [9.17, 15) is 4.79 Å². The number of hydrogen-bond donors (Lipinski definition) is 2. The lowest BCUT2D eigenvalue weighted by molar-refractivity contribution is 0.1000. The van der Waals surface area contributed by atoms with Crippen LogP contribution in [0, 0.1) is 0 Å². The molecule has 1 aromatic rings. The molecule has 0 atom stereocenters. The monoisotopic (exact) mass is 222 g/mol. The van der Waals surface area contributed by atoms with Crippen molar-refractivity contribution in [1.29, 1.82) is 0 Å². The number of anilines is 1. The van der Waals surface area contributed by atoms with Crippen molar-refractivity contribution in [2.75, 3.05) is 32.1 Å². The zero-order valence-electron chi connectivity index (χ0n) is 9.73. The minimum Gasteiger partial charge on any atom is -0.366 e. The van der Waals surface area contributed by atoms with E-state index < -0.39 is 5.91 Å². The summed E-state index contributed by atoms with van der Waals surface area (Å²) in [6.45, 7) is 1.90. The number of pyridine rings is 1. The third-order valence-electron chi connectivity index (χ3n) is 2.34. The molecule has 1 rings (SSSR count). The first-order valence-corrected chi connectivity index (χ1v) is 5.26. The molecule has 0 aliphatic heterocycles. The summed E-state index contributed by atoms with van der Waals surface area (Å²) in [5.41, 5.74) is 5.57. The first-order chi connectivity index (χ1) is 7.65. The Balaban J connectivity index is 2.56. The summed E-state index contributed by atoms with van der Waals surface area (Å²) in [6, 6.07) is 3.50. The minimum absolute atomic E-state index is 0.437.